The fourth-order valence-corrected chi connectivity index (χ4v) is 3.27. The van der Waals surface area contributed by atoms with Crippen molar-refractivity contribution in [3.8, 4) is 0 Å². The molecule has 0 atom stereocenters. The van der Waals surface area contributed by atoms with Gasteiger partial charge in [-0.2, -0.15) is 0 Å². The number of aromatic nitrogens is 1. The fourth-order valence-electron chi connectivity index (χ4n) is 2.41. The Bertz CT molecular complexity index is 378. The molecule has 2 N–H and O–H groups in total. The number of nitrogens with zero attached hydrogens (tertiary/aromatic N) is 2. The highest BCUT2D eigenvalue weighted by molar-refractivity contribution is 7.13. The van der Waals surface area contributed by atoms with Gasteiger partial charge in [0.15, 0.2) is 5.13 Å². The van der Waals surface area contributed by atoms with Crippen LogP contribution in [0.3, 0.4) is 0 Å². The third-order valence-corrected chi connectivity index (χ3v) is 4.53. The monoisotopic (exact) mass is 299 g/mol. The van der Waals surface area contributed by atoms with E-state index in [9.17, 15) is 0 Å². The van der Waals surface area contributed by atoms with E-state index in [-0.39, 0.29) is 6.61 Å². The molecule has 1 fully saturated rings. The zero-order chi connectivity index (χ0) is 14.2. The van der Waals surface area contributed by atoms with Crippen LogP contribution in [-0.2, 0) is 4.74 Å². The second kappa shape index (κ2) is 8.56. The lowest BCUT2D eigenvalue weighted by molar-refractivity contribution is 0.0902. The molecular weight excluding hydrogens is 274 g/mol. The largest absolute Gasteiger partial charge is 0.394 e. The lowest BCUT2D eigenvalue weighted by Gasteiger charge is -2.32. The molecule has 1 aromatic heterocycles. The standard InChI is InChI=1S/C14H25N3O2S/c1-12-11-20-14(16-12)17-6-3-13(4-7-17)15-5-2-9-19-10-8-18/h11,13,15,18H,2-10H2,1H3. The maximum Gasteiger partial charge on any atom is 0.185 e. The number of ether oxygens (including phenoxy) is 1. The van der Waals surface area contributed by atoms with Crippen LogP contribution in [0.15, 0.2) is 5.38 Å². The summed E-state index contributed by atoms with van der Waals surface area (Å²) in [5, 5.41) is 15.5. The molecule has 0 aromatic carbocycles. The molecule has 2 heterocycles. The molecule has 0 bridgehead atoms. The Morgan fingerprint density at radius 1 is 1.45 bits per heavy atom. The third kappa shape index (κ3) is 5.01. The van der Waals surface area contributed by atoms with E-state index in [0.717, 1.165) is 38.4 Å². The first-order valence-corrected chi connectivity index (χ1v) is 8.26. The van der Waals surface area contributed by atoms with E-state index < -0.39 is 0 Å². The van der Waals surface area contributed by atoms with Crippen molar-refractivity contribution in [3.05, 3.63) is 11.1 Å². The van der Waals surface area contributed by atoms with Crippen LogP contribution in [0.25, 0.3) is 0 Å². The van der Waals surface area contributed by atoms with Crippen LogP contribution in [0.4, 0.5) is 5.13 Å². The smallest absolute Gasteiger partial charge is 0.185 e. The maximum absolute atomic E-state index is 8.60. The molecule has 5 nitrogen and oxygen atoms in total. The van der Waals surface area contributed by atoms with Gasteiger partial charge in [0, 0.05) is 31.1 Å². The lowest BCUT2D eigenvalue weighted by atomic mass is 10.1. The summed E-state index contributed by atoms with van der Waals surface area (Å²) in [6.07, 6.45) is 3.36. The van der Waals surface area contributed by atoms with Crippen molar-refractivity contribution >= 4 is 16.5 Å². The molecule has 1 aliphatic heterocycles. The topological polar surface area (TPSA) is 57.6 Å². The van der Waals surface area contributed by atoms with Gasteiger partial charge in [0.25, 0.3) is 0 Å². The number of aliphatic hydroxyl groups excluding tert-OH is 1. The zero-order valence-electron chi connectivity index (χ0n) is 12.2. The predicted molar refractivity (Wildman–Crippen MR) is 82.6 cm³/mol. The second-order valence-electron chi connectivity index (χ2n) is 5.18. The first-order chi connectivity index (χ1) is 9.79. The Labute approximate surface area is 125 Å². The van der Waals surface area contributed by atoms with Crippen LogP contribution in [0.2, 0.25) is 0 Å². The van der Waals surface area contributed by atoms with E-state index in [0.29, 0.717) is 12.6 Å². The molecule has 6 heteroatoms. The number of piperidine rings is 1. The highest BCUT2D eigenvalue weighted by atomic mass is 32.1. The normalized spacial score (nSPS) is 16.8. The second-order valence-corrected chi connectivity index (χ2v) is 6.01. The molecule has 1 aromatic rings. The molecule has 0 spiro atoms. The number of nitrogens with one attached hydrogen (secondary N) is 1. The summed E-state index contributed by atoms with van der Waals surface area (Å²) < 4.78 is 5.24. The summed E-state index contributed by atoms with van der Waals surface area (Å²) in [7, 11) is 0. The number of rotatable bonds is 8. The van der Waals surface area contributed by atoms with Gasteiger partial charge in [0.05, 0.1) is 18.9 Å². The summed E-state index contributed by atoms with van der Waals surface area (Å²) in [6.45, 7) is 6.51. The minimum Gasteiger partial charge on any atom is -0.394 e. The fraction of sp³-hybridized carbons (Fsp3) is 0.786. The Hall–Kier alpha value is -0.690. The average Bonchev–Trinajstić information content (AvgIpc) is 2.90. The Balaban J connectivity index is 1.57. The van der Waals surface area contributed by atoms with Crippen LogP contribution >= 0.6 is 11.3 Å². The van der Waals surface area contributed by atoms with Gasteiger partial charge < -0.3 is 20.1 Å². The summed E-state index contributed by atoms with van der Waals surface area (Å²) in [6, 6.07) is 0.616. The van der Waals surface area contributed by atoms with Gasteiger partial charge in [-0.3, -0.25) is 0 Å². The summed E-state index contributed by atoms with van der Waals surface area (Å²) in [4.78, 5) is 6.94. The summed E-state index contributed by atoms with van der Waals surface area (Å²) >= 11 is 1.74. The zero-order valence-corrected chi connectivity index (χ0v) is 13.0. The third-order valence-electron chi connectivity index (χ3n) is 3.51. The first-order valence-electron chi connectivity index (χ1n) is 7.38. The quantitative estimate of drug-likeness (QED) is 0.711. The number of hydrogen-bond donors (Lipinski definition) is 2. The molecule has 0 amide bonds. The SMILES string of the molecule is Cc1csc(N2CCC(NCCCOCCO)CC2)n1. The Morgan fingerprint density at radius 3 is 2.90 bits per heavy atom. The van der Waals surface area contributed by atoms with E-state index in [1.54, 1.807) is 11.3 Å². The number of aryl methyl sites for hydroxylation is 1. The highest BCUT2D eigenvalue weighted by Crippen LogP contribution is 2.23. The number of thiazole rings is 1. The van der Waals surface area contributed by atoms with Gasteiger partial charge in [-0.15, -0.1) is 11.3 Å². The van der Waals surface area contributed by atoms with Crippen molar-refractivity contribution in [1.82, 2.24) is 10.3 Å². The van der Waals surface area contributed by atoms with E-state index in [4.69, 9.17) is 9.84 Å². The molecule has 0 unspecified atom stereocenters. The van der Waals surface area contributed by atoms with Gasteiger partial charge in [0.2, 0.25) is 0 Å². The van der Waals surface area contributed by atoms with Crippen LogP contribution in [0.5, 0.6) is 0 Å². The summed E-state index contributed by atoms with van der Waals surface area (Å²) in [5.41, 5.74) is 1.12. The number of anilines is 1. The predicted octanol–water partition coefficient (Wildman–Crippen LogP) is 1.41. The molecule has 0 saturated carbocycles. The summed E-state index contributed by atoms with van der Waals surface area (Å²) in [5.74, 6) is 0. The van der Waals surface area contributed by atoms with Crippen LogP contribution in [-0.4, -0.2) is 55.6 Å². The molecule has 20 heavy (non-hydrogen) atoms. The van der Waals surface area contributed by atoms with Crippen molar-refractivity contribution in [2.24, 2.45) is 0 Å². The van der Waals surface area contributed by atoms with E-state index in [1.807, 2.05) is 6.92 Å². The van der Waals surface area contributed by atoms with Gasteiger partial charge in [-0.05, 0) is 32.7 Å². The lowest BCUT2D eigenvalue weighted by Crippen LogP contribution is -2.43. The minimum absolute atomic E-state index is 0.113. The molecule has 1 saturated heterocycles. The molecular formula is C14H25N3O2S. The van der Waals surface area contributed by atoms with Crippen molar-refractivity contribution in [2.75, 3.05) is 44.4 Å². The van der Waals surface area contributed by atoms with Crippen LogP contribution in [0, 0.1) is 6.92 Å². The highest BCUT2D eigenvalue weighted by Gasteiger charge is 2.20. The van der Waals surface area contributed by atoms with Crippen molar-refractivity contribution in [2.45, 2.75) is 32.2 Å². The number of hydrogen-bond acceptors (Lipinski definition) is 6. The van der Waals surface area contributed by atoms with Crippen molar-refractivity contribution in [1.29, 1.82) is 0 Å². The van der Waals surface area contributed by atoms with E-state index in [1.165, 1.54) is 18.0 Å². The van der Waals surface area contributed by atoms with Crippen molar-refractivity contribution in [3.63, 3.8) is 0 Å². The van der Waals surface area contributed by atoms with Crippen LogP contribution in [0.1, 0.15) is 25.0 Å². The molecule has 114 valence electrons. The minimum atomic E-state index is 0.113. The Morgan fingerprint density at radius 2 is 2.25 bits per heavy atom. The van der Waals surface area contributed by atoms with Gasteiger partial charge >= 0.3 is 0 Å². The molecule has 0 aliphatic carbocycles. The molecule has 0 radical (unpaired) electrons. The van der Waals surface area contributed by atoms with Crippen LogP contribution < -0.4 is 10.2 Å². The number of aliphatic hydroxyl groups is 1. The van der Waals surface area contributed by atoms with Gasteiger partial charge in [-0.1, -0.05) is 0 Å². The van der Waals surface area contributed by atoms with E-state index >= 15 is 0 Å². The molecule has 1 aliphatic rings. The van der Waals surface area contributed by atoms with Crippen molar-refractivity contribution < 1.29 is 9.84 Å². The van der Waals surface area contributed by atoms with E-state index in [2.05, 4.69) is 20.6 Å². The maximum atomic E-state index is 8.60. The van der Waals surface area contributed by atoms with Gasteiger partial charge in [0.1, 0.15) is 0 Å². The average molecular weight is 299 g/mol. The molecule has 2 rings (SSSR count). The first kappa shape index (κ1) is 15.7. The van der Waals surface area contributed by atoms with Gasteiger partial charge in [-0.25, -0.2) is 4.98 Å². The Kier molecular flexibility index (Phi) is 6.72.